The van der Waals surface area contributed by atoms with Crippen molar-refractivity contribution in [3.05, 3.63) is 29.2 Å². The molecule has 3 heterocycles. The van der Waals surface area contributed by atoms with E-state index in [0.717, 1.165) is 30.3 Å². The molecule has 0 saturated heterocycles. The minimum Gasteiger partial charge on any atom is -0.454 e. The lowest BCUT2D eigenvalue weighted by Gasteiger charge is -2.30. The van der Waals surface area contributed by atoms with Crippen LogP contribution in [0.5, 0.6) is 0 Å². The zero-order chi connectivity index (χ0) is 23.6. The SMILES string of the molecule is CCCCCNc1nc(Cl)c(-c2cc3cc(C)ncc3o2)c(NC2(O)CCC(CO)C2O)n1. The third kappa shape index (κ3) is 4.91. The highest BCUT2D eigenvalue weighted by atomic mass is 35.5. The third-order valence-corrected chi connectivity index (χ3v) is 6.39. The molecule has 3 aromatic rings. The summed E-state index contributed by atoms with van der Waals surface area (Å²) >= 11 is 6.60. The number of halogens is 1. The van der Waals surface area contributed by atoms with Crippen molar-refractivity contribution in [2.45, 2.75) is 57.8 Å². The summed E-state index contributed by atoms with van der Waals surface area (Å²) < 4.78 is 5.98. The van der Waals surface area contributed by atoms with Crippen LogP contribution in [0.25, 0.3) is 22.3 Å². The van der Waals surface area contributed by atoms with Crippen LogP contribution in [0.15, 0.2) is 22.7 Å². The second kappa shape index (κ2) is 9.80. The van der Waals surface area contributed by atoms with Gasteiger partial charge in [-0.05, 0) is 38.3 Å². The summed E-state index contributed by atoms with van der Waals surface area (Å²) in [6.45, 7) is 4.48. The van der Waals surface area contributed by atoms with Crippen molar-refractivity contribution in [2.75, 3.05) is 23.8 Å². The minimum atomic E-state index is -1.68. The molecule has 1 aliphatic carbocycles. The van der Waals surface area contributed by atoms with Gasteiger partial charge in [0.15, 0.2) is 11.3 Å². The van der Waals surface area contributed by atoms with Gasteiger partial charge in [-0.2, -0.15) is 4.98 Å². The van der Waals surface area contributed by atoms with E-state index in [2.05, 4.69) is 32.5 Å². The van der Waals surface area contributed by atoms with Gasteiger partial charge in [0.25, 0.3) is 0 Å². The molecule has 1 saturated carbocycles. The minimum absolute atomic E-state index is 0.143. The summed E-state index contributed by atoms with van der Waals surface area (Å²) in [4.78, 5) is 13.2. The van der Waals surface area contributed by atoms with Crippen LogP contribution in [0, 0.1) is 12.8 Å². The predicted octanol–water partition coefficient (Wildman–Crippen LogP) is 3.71. The molecule has 1 aliphatic rings. The molecule has 3 aromatic heterocycles. The van der Waals surface area contributed by atoms with Gasteiger partial charge in [0.2, 0.25) is 5.95 Å². The number of unbranched alkanes of at least 4 members (excludes halogenated alkanes) is 2. The van der Waals surface area contributed by atoms with Crippen LogP contribution in [-0.2, 0) is 0 Å². The number of aromatic nitrogens is 3. The number of furan rings is 1. The van der Waals surface area contributed by atoms with E-state index in [-0.39, 0.29) is 24.0 Å². The lowest BCUT2D eigenvalue weighted by molar-refractivity contribution is -0.0545. The van der Waals surface area contributed by atoms with E-state index < -0.39 is 17.7 Å². The average molecular weight is 476 g/mol. The van der Waals surface area contributed by atoms with Crippen molar-refractivity contribution in [1.29, 1.82) is 0 Å². The zero-order valence-electron chi connectivity index (χ0n) is 18.8. The number of nitrogens with zero attached hydrogens (tertiary/aromatic N) is 3. The van der Waals surface area contributed by atoms with Crippen LogP contribution in [0.1, 0.15) is 44.7 Å². The molecule has 1 fully saturated rings. The van der Waals surface area contributed by atoms with Gasteiger partial charge in [-0.1, -0.05) is 31.4 Å². The van der Waals surface area contributed by atoms with Crippen molar-refractivity contribution in [1.82, 2.24) is 15.0 Å². The van der Waals surface area contributed by atoms with Crippen molar-refractivity contribution >= 4 is 34.3 Å². The maximum absolute atomic E-state index is 11.2. The molecule has 5 N–H and O–H groups in total. The van der Waals surface area contributed by atoms with Crippen LogP contribution in [0.4, 0.5) is 11.8 Å². The molecule has 0 radical (unpaired) electrons. The molecule has 0 bridgehead atoms. The second-order valence-corrected chi connectivity index (χ2v) is 9.00. The Morgan fingerprint density at radius 2 is 2.09 bits per heavy atom. The molecule has 0 spiro atoms. The average Bonchev–Trinajstić information content (AvgIpc) is 3.31. The van der Waals surface area contributed by atoms with Crippen LogP contribution in [0.2, 0.25) is 5.15 Å². The van der Waals surface area contributed by atoms with Gasteiger partial charge < -0.3 is 30.4 Å². The fourth-order valence-electron chi connectivity index (χ4n) is 4.21. The van der Waals surface area contributed by atoms with Gasteiger partial charge in [0, 0.05) is 30.1 Å². The fraction of sp³-hybridized carbons (Fsp3) is 0.522. The summed E-state index contributed by atoms with van der Waals surface area (Å²) in [5.74, 6) is 0.523. The van der Waals surface area contributed by atoms with Gasteiger partial charge in [-0.3, -0.25) is 4.98 Å². The Kier molecular flexibility index (Phi) is 7.04. The lowest BCUT2D eigenvalue weighted by atomic mass is 10.0. The van der Waals surface area contributed by atoms with Crippen molar-refractivity contribution < 1.29 is 19.7 Å². The predicted molar refractivity (Wildman–Crippen MR) is 127 cm³/mol. The number of rotatable bonds is 9. The lowest BCUT2D eigenvalue weighted by Crippen LogP contribution is -2.48. The van der Waals surface area contributed by atoms with Gasteiger partial charge in [0.05, 0.1) is 11.8 Å². The molecule has 0 amide bonds. The van der Waals surface area contributed by atoms with E-state index in [1.54, 1.807) is 6.20 Å². The number of aliphatic hydroxyl groups excluding tert-OH is 2. The Hall–Kier alpha value is -2.46. The van der Waals surface area contributed by atoms with Crippen molar-refractivity contribution in [3.63, 3.8) is 0 Å². The molecule has 3 unspecified atom stereocenters. The number of nitrogens with one attached hydrogen (secondary N) is 2. The molecule has 0 aliphatic heterocycles. The van der Waals surface area contributed by atoms with E-state index in [1.807, 2.05) is 19.1 Å². The zero-order valence-corrected chi connectivity index (χ0v) is 19.6. The van der Waals surface area contributed by atoms with E-state index in [4.69, 9.17) is 16.0 Å². The first-order chi connectivity index (χ1) is 15.8. The topological polar surface area (TPSA) is 137 Å². The fourth-order valence-corrected chi connectivity index (χ4v) is 4.47. The number of hydrogen-bond donors (Lipinski definition) is 5. The van der Waals surface area contributed by atoms with Gasteiger partial charge in [-0.15, -0.1) is 0 Å². The Labute approximate surface area is 197 Å². The molecule has 3 atom stereocenters. The van der Waals surface area contributed by atoms with Crippen LogP contribution >= 0.6 is 11.6 Å². The number of aliphatic hydroxyl groups is 3. The molecule has 9 nitrogen and oxygen atoms in total. The Morgan fingerprint density at radius 1 is 1.27 bits per heavy atom. The number of aryl methyl sites for hydroxylation is 1. The maximum atomic E-state index is 11.2. The van der Waals surface area contributed by atoms with Gasteiger partial charge in [-0.25, -0.2) is 4.98 Å². The van der Waals surface area contributed by atoms with E-state index in [0.29, 0.717) is 35.8 Å². The molecule has 0 aromatic carbocycles. The Balaban J connectivity index is 1.74. The highest BCUT2D eigenvalue weighted by Crippen LogP contribution is 2.41. The second-order valence-electron chi connectivity index (χ2n) is 8.65. The first kappa shape index (κ1) is 23.7. The first-order valence-electron chi connectivity index (χ1n) is 11.3. The molecule has 178 valence electrons. The number of anilines is 2. The van der Waals surface area contributed by atoms with E-state index in [1.165, 1.54) is 0 Å². The Morgan fingerprint density at radius 3 is 2.82 bits per heavy atom. The highest BCUT2D eigenvalue weighted by Gasteiger charge is 2.47. The molecule has 4 rings (SSSR count). The number of pyridine rings is 1. The summed E-state index contributed by atoms with van der Waals surface area (Å²) in [7, 11) is 0. The summed E-state index contributed by atoms with van der Waals surface area (Å²) in [5, 5.41) is 38.4. The monoisotopic (exact) mass is 475 g/mol. The van der Waals surface area contributed by atoms with Gasteiger partial charge >= 0.3 is 0 Å². The molecule has 33 heavy (non-hydrogen) atoms. The van der Waals surface area contributed by atoms with Crippen LogP contribution < -0.4 is 10.6 Å². The largest absolute Gasteiger partial charge is 0.454 e. The Bertz CT molecular complexity index is 1120. The first-order valence-corrected chi connectivity index (χ1v) is 11.7. The summed E-state index contributed by atoms with van der Waals surface area (Å²) in [6.07, 6.45) is 4.29. The standard InChI is InChI=1S/C23H30ClN5O4/c1-3-4-5-8-25-22-27-20(24)18(16-10-15-9-13(2)26-11-17(15)33-16)21(28-22)29-23(32)7-6-14(12-30)19(23)31/h9-11,14,19,30-32H,3-8,12H2,1-2H3,(H2,25,27,28,29). The number of fused-ring (bicyclic) bond motifs is 1. The summed E-state index contributed by atoms with van der Waals surface area (Å²) in [6, 6.07) is 3.72. The number of hydrogen-bond acceptors (Lipinski definition) is 9. The van der Waals surface area contributed by atoms with Crippen LogP contribution in [0.3, 0.4) is 0 Å². The molecule has 10 heteroatoms. The van der Waals surface area contributed by atoms with Crippen molar-refractivity contribution in [3.8, 4) is 11.3 Å². The normalized spacial score (nSPS) is 22.7. The quantitative estimate of drug-likeness (QED) is 0.178. The van der Waals surface area contributed by atoms with Crippen molar-refractivity contribution in [2.24, 2.45) is 5.92 Å². The van der Waals surface area contributed by atoms with Gasteiger partial charge in [0.1, 0.15) is 22.8 Å². The highest BCUT2D eigenvalue weighted by molar-refractivity contribution is 6.32. The summed E-state index contributed by atoms with van der Waals surface area (Å²) in [5.41, 5.74) is 0.126. The van der Waals surface area contributed by atoms with E-state index in [9.17, 15) is 15.3 Å². The molecular formula is C23H30ClN5O4. The van der Waals surface area contributed by atoms with Crippen LogP contribution in [-0.4, -0.2) is 55.3 Å². The maximum Gasteiger partial charge on any atom is 0.226 e. The third-order valence-electron chi connectivity index (χ3n) is 6.12. The van der Waals surface area contributed by atoms with E-state index >= 15 is 0 Å². The smallest absolute Gasteiger partial charge is 0.226 e. The molecular weight excluding hydrogens is 446 g/mol.